The molecule has 316 valence electrons. The van der Waals surface area contributed by atoms with Gasteiger partial charge in [-0.15, -0.1) is 12.4 Å². The highest BCUT2D eigenvalue weighted by Crippen LogP contribution is 2.40. The van der Waals surface area contributed by atoms with Crippen molar-refractivity contribution in [1.29, 1.82) is 0 Å². The molecule has 0 aliphatic carbocycles. The Balaban J connectivity index is 0.00000794. The van der Waals surface area contributed by atoms with Crippen molar-refractivity contribution in [1.82, 2.24) is 19.9 Å². The second-order valence-electron chi connectivity index (χ2n) is 13.6. The zero-order chi connectivity index (χ0) is 43.3. The molecule has 20 nitrogen and oxygen atoms in total. The van der Waals surface area contributed by atoms with Gasteiger partial charge in [0.1, 0.15) is 0 Å². The molecule has 3 aromatic rings. The number of aromatic nitrogens is 4. The van der Waals surface area contributed by atoms with Gasteiger partial charge in [0.25, 0.3) is 0 Å². The van der Waals surface area contributed by atoms with Crippen LogP contribution in [-0.4, -0.2) is 109 Å². The van der Waals surface area contributed by atoms with Gasteiger partial charge in [-0.3, -0.25) is 38.4 Å². The zero-order valence-electron chi connectivity index (χ0n) is 31.2. The summed E-state index contributed by atoms with van der Waals surface area (Å²) < 4.78 is 0. The fourth-order valence-electron chi connectivity index (χ4n) is 7.21. The molecule has 10 N–H and O–H groups in total. The van der Waals surface area contributed by atoms with E-state index in [1.807, 2.05) is 0 Å². The van der Waals surface area contributed by atoms with Crippen molar-refractivity contribution in [2.45, 2.75) is 70.6 Å². The van der Waals surface area contributed by atoms with Crippen LogP contribution in [0, 0.1) is 0 Å². The number of hydrogen-bond acceptors (Lipinski definition) is 10. The summed E-state index contributed by atoms with van der Waals surface area (Å²) in [5, 5.41) is 78.7. The maximum absolute atomic E-state index is 12.3. The number of nitrogens with zero attached hydrogens (tertiary/aromatic N) is 2. The molecular weight excluding hydrogens is 816 g/mol. The van der Waals surface area contributed by atoms with Crippen LogP contribution in [0.3, 0.4) is 0 Å². The molecule has 21 heteroatoms. The highest BCUT2D eigenvalue weighted by Gasteiger charge is 2.29. The summed E-state index contributed by atoms with van der Waals surface area (Å²) in [5.41, 5.74) is 0.245. The summed E-state index contributed by atoms with van der Waals surface area (Å²) in [6.07, 6.45) is -5.94. The third kappa shape index (κ3) is 10.8. The number of carboxylic acid groups (broad SMARTS) is 8. The van der Waals surface area contributed by atoms with Crippen molar-refractivity contribution in [3.63, 3.8) is 0 Å². The van der Waals surface area contributed by atoms with Gasteiger partial charge in [-0.1, -0.05) is 0 Å². The van der Waals surface area contributed by atoms with Gasteiger partial charge in [0, 0.05) is 41.3 Å². The lowest BCUT2D eigenvalue weighted by Crippen LogP contribution is -2.05. The van der Waals surface area contributed by atoms with Gasteiger partial charge in [0.15, 0.2) is 0 Å². The molecule has 0 amide bonds. The van der Waals surface area contributed by atoms with Crippen molar-refractivity contribution < 1.29 is 79.2 Å². The highest BCUT2D eigenvalue weighted by atomic mass is 35.5. The summed E-state index contributed by atoms with van der Waals surface area (Å²) in [7, 11) is 0. The number of nitrogens with one attached hydrogen (secondary N) is 2. The first-order valence-electron chi connectivity index (χ1n) is 17.8. The predicted molar refractivity (Wildman–Crippen MR) is 210 cm³/mol. The summed E-state index contributed by atoms with van der Waals surface area (Å²) in [4.78, 5) is 112. The third-order valence-electron chi connectivity index (χ3n) is 9.55. The number of fused-ring (bicyclic) bond motifs is 8. The molecule has 0 fully saturated rings. The van der Waals surface area contributed by atoms with E-state index in [9.17, 15) is 79.2 Å². The minimum atomic E-state index is -1.40. The van der Waals surface area contributed by atoms with E-state index in [4.69, 9.17) is 0 Å². The quantitative estimate of drug-likeness (QED) is 0.0810. The molecule has 0 atom stereocenters. The molecule has 2 aliphatic heterocycles. The SMILES string of the molecule is Cl.O=C(O)CCC1=C(CC(=O)O)c2cc3nc(cc4[nH]c(cc5[nH]c(cc1n2)c(CC(=O)O)c5CCC(=O)O)c(CC(=O)O)c4CCC(=O)O)C(CC(=O)O)=C3CC(=O)O. The lowest BCUT2D eigenvalue weighted by Gasteiger charge is -2.06. The molecule has 0 unspecified atom stereocenters. The van der Waals surface area contributed by atoms with Crippen LogP contribution in [0.25, 0.3) is 44.4 Å². The van der Waals surface area contributed by atoms with E-state index in [2.05, 4.69) is 19.9 Å². The second kappa shape index (κ2) is 18.9. The maximum Gasteiger partial charge on any atom is 0.307 e. The van der Waals surface area contributed by atoms with Gasteiger partial charge in [0.2, 0.25) is 0 Å². The fraction of sp³-hybridized carbons (Fsp3) is 0.282. The number of rotatable bonds is 19. The Kier molecular flexibility index (Phi) is 14.3. The number of halogens is 1. The van der Waals surface area contributed by atoms with E-state index in [1.54, 1.807) is 0 Å². The van der Waals surface area contributed by atoms with Crippen molar-refractivity contribution in [3.05, 3.63) is 69.3 Å². The Morgan fingerprint density at radius 2 is 0.667 bits per heavy atom. The van der Waals surface area contributed by atoms with Crippen molar-refractivity contribution >= 4 is 105 Å². The van der Waals surface area contributed by atoms with Crippen LogP contribution < -0.4 is 0 Å². The van der Waals surface area contributed by atoms with E-state index < -0.39 is 99.1 Å². The highest BCUT2D eigenvalue weighted by molar-refractivity contribution is 6.05. The molecule has 5 heterocycles. The predicted octanol–water partition coefficient (Wildman–Crippen LogP) is 4.14. The number of carboxylic acids is 8. The molecule has 5 rings (SSSR count). The fourth-order valence-corrected chi connectivity index (χ4v) is 7.21. The van der Waals surface area contributed by atoms with Gasteiger partial charge >= 0.3 is 47.8 Å². The molecule has 0 aromatic carbocycles. The largest absolute Gasteiger partial charge is 0.481 e. The molecule has 2 aliphatic rings. The van der Waals surface area contributed by atoms with Crippen molar-refractivity contribution in [2.75, 3.05) is 0 Å². The average molecular weight is 853 g/mol. The molecule has 3 aromatic heterocycles. The van der Waals surface area contributed by atoms with E-state index in [1.165, 1.54) is 24.3 Å². The Bertz CT molecular complexity index is 2580. The van der Waals surface area contributed by atoms with Gasteiger partial charge in [0.05, 0.1) is 54.9 Å². The number of hydrogen-bond donors (Lipinski definition) is 10. The number of carbonyl (C=O) groups is 8. The third-order valence-corrected chi connectivity index (χ3v) is 9.55. The van der Waals surface area contributed by atoms with Crippen LogP contribution in [0.4, 0.5) is 0 Å². The molecule has 0 saturated carbocycles. The standard InChI is InChI=1S/C39H36N4O16.ClH/c44-32(45)4-1-16-19(7-35(50)51)27-13-25-18(3-6-34(48)49)21(9-37(54)55)29(42-25)15-31-23(11-39(58)59)22(10-38(56)57)30(43-31)14-26-17(2-5-33(46)47)20(8-36(52)53)28(41-26)12-24(16)40-27;/h12-15,40-41H,1-11H2,(H,44,45)(H,46,47)(H,48,49)(H,50,51)(H,52,53)(H,54,55)(H,56,57)(H,58,59);1H. The zero-order valence-corrected chi connectivity index (χ0v) is 32.1. The minimum Gasteiger partial charge on any atom is -0.481 e. The second-order valence-corrected chi connectivity index (χ2v) is 13.6. The van der Waals surface area contributed by atoms with Gasteiger partial charge < -0.3 is 50.8 Å². The number of aryl methyl sites for hydroxylation is 2. The molecule has 8 bridgehead atoms. The first kappa shape index (κ1) is 45.4. The van der Waals surface area contributed by atoms with E-state index >= 15 is 0 Å². The summed E-state index contributed by atoms with van der Waals surface area (Å²) in [6, 6.07) is 5.22. The average Bonchev–Trinajstić information content (AvgIpc) is 3.79. The van der Waals surface area contributed by atoms with Crippen LogP contribution in [0.1, 0.15) is 90.0 Å². The van der Waals surface area contributed by atoms with Crippen LogP contribution in [-0.2, 0) is 64.0 Å². The van der Waals surface area contributed by atoms with E-state index in [-0.39, 0.29) is 121 Å². The van der Waals surface area contributed by atoms with Gasteiger partial charge in [-0.2, -0.15) is 0 Å². The lowest BCUT2D eigenvalue weighted by molar-refractivity contribution is -0.138. The van der Waals surface area contributed by atoms with Crippen LogP contribution in [0.5, 0.6) is 0 Å². The van der Waals surface area contributed by atoms with Gasteiger partial charge in [-0.25, -0.2) is 9.97 Å². The number of aliphatic carboxylic acids is 8. The van der Waals surface area contributed by atoms with Crippen molar-refractivity contribution in [2.24, 2.45) is 0 Å². The van der Waals surface area contributed by atoms with Gasteiger partial charge in [-0.05, 0) is 88.1 Å². The molecule has 0 saturated heterocycles. The molecule has 0 spiro atoms. The number of allylic oxidation sites excluding steroid dienone is 1. The van der Waals surface area contributed by atoms with E-state index in [0.717, 1.165) is 0 Å². The molecule has 60 heavy (non-hydrogen) atoms. The molecular formula is C39H37ClN4O16. The molecule has 0 radical (unpaired) electrons. The van der Waals surface area contributed by atoms with Crippen LogP contribution in [0.2, 0.25) is 0 Å². The monoisotopic (exact) mass is 852 g/mol. The Labute approximate surface area is 343 Å². The Hall–Kier alpha value is -7.35. The maximum atomic E-state index is 12.3. The number of H-pyrrole nitrogens is 2. The summed E-state index contributed by atoms with van der Waals surface area (Å²) in [5.74, 6) is -10.6. The summed E-state index contributed by atoms with van der Waals surface area (Å²) in [6.45, 7) is 0. The lowest BCUT2D eigenvalue weighted by atomic mass is 9.95. The van der Waals surface area contributed by atoms with Crippen molar-refractivity contribution in [3.8, 4) is 0 Å². The van der Waals surface area contributed by atoms with E-state index in [0.29, 0.717) is 0 Å². The summed E-state index contributed by atoms with van der Waals surface area (Å²) >= 11 is 0. The van der Waals surface area contributed by atoms with Crippen LogP contribution in [0.15, 0.2) is 24.3 Å². The minimum absolute atomic E-state index is 0. The topological polar surface area (TPSA) is 356 Å². The van der Waals surface area contributed by atoms with Crippen LogP contribution >= 0.6 is 12.4 Å². The first-order valence-corrected chi connectivity index (χ1v) is 17.8. The Morgan fingerprint density at radius 1 is 0.367 bits per heavy atom. The number of aromatic amines is 2. The first-order chi connectivity index (χ1) is 27.8. The normalized spacial score (nSPS) is 12.2. The smallest absolute Gasteiger partial charge is 0.307 e. The Morgan fingerprint density at radius 3 is 1.05 bits per heavy atom.